The van der Waals surface area contributed by atoms with Crippen molar-refractivity contribution >= 4 is 43.4 Å². The summed E-state index contributed by atoms with van der Waals surface area (Å²) in [7, 11) is 0. The highest BCUT2D eigenvalue weighted by Crippen LogP contribution is 2.49. The van der Waals surface area contributed by atoms with Crippen LogP contribution in [0.1, 0.15) is 51.7 Å². The van der Waals surface area contributed by atoms with Gasteiger partial charge in [0.2, 0.25) is 0 Å². The zero-order chi connectivity index (χ0) is 39.9. The minimum absolute atomic E-state index is 0.0951. The number of benzene rings is 8. The Hall–Kier alpha value is -6.91. The van der Waals surface area contributed by atoms with Crippen LogP contribution in [0.25, 0.3) is 94.3 Å². The maximum absolute atomic E-state index is 5.15. The smallest absolute Gasteiger partial charge is 0.164 e. The number of hydrogen-bond donors (Lipinski definition) is 0. The molecule has 0 fully saturated rings. The lowest BCUT2D eigenvalue weighted by molar-refractivity contribution is 0.332. The molecule has 0 saturated carbocycles. The fourth-order valence-corrected chi connectivity index (χ4v) is 9.35. The van der Waals surface area contributed by atoms with Gasteiger partial charge in [0.1, 0.15) is 0 Å². The molecule has 11 rings (SSSR count). The van der Waals surface area contributed by atoms with E-state index in [9.17, 15) is 0 Å². The van der Waals surface area contributed by atoms with Gasteiger partial charge in [-0.05, 0) is 128 Å². The summed E-state index contributed by atoms with van der Waals surface area (Å²) in [5, 5.41) is 7.40. The number of rotatable bonds is 5. The summed E-state index contributed by atoms with van der Waals surface area (Å²) in [4.78, 5) is 15.3. The highest BCUT2D eigenvalue weighted by molar-refractivity contribution is 6.14. The van der Waals surface area contributed by atoms with Crippen LogP contribution in [0.3, 0.4) is 0 Å². The Labute approximate surface area is 344 Å². The lowest BCUT2D eigenvalue weighted by Gasteiger charge is -2.42. The topological polar surface area (TPSA) is 43.6 Å². The average molecular weight is 761 g/mol. The molecule has 0 saturated heterocycles. The maximum atomic E-state index is 5.15. The van der Waals surface area contributed by atoms with Crippen molar-refractivity contribution in [3.63, 3.8) is 0 Å². The van der Waals surface area contributed by atoms with Gasteiger partial charge in [0.25, 0.3) is 0 Å². The fourth-order valence-electron chi connectivity index (χ4n) is 9.35. The predicted octanol–water partition coefficient (Wildman–Crippen LogP) is 14.3. The van der Waals surface area contributed by atoms with Crippen LogP contribution in [0.15, 0.2) is 170 Å². The minimum atomic E-state index is 0.0951. The standard InChI is InChI=1S/C55H44N4/c1-54(2)27-28-55(3,4)48-34-50-46(33-47(48)54)45-31-38-17-11-12-18-39(38)32-49(45)59(50)44-25-23-37(24-26-44)52-56-51(36-15-9-6-10-16-36)57-53(58-52)43-22-21-41-29-40(19-20-42(41)30-43)35-13-7-5-8-14-35/h5-26,29-34H,27-28H2,1-4H3. The van der Waals surface area contributed by atoms with Crippen LogP contribution in [0.5, 0.6) is 0 Å². The van der Waals surface area contributed by atoms with Crippen LogP contribution in [0.4, 0.5) is 0 Å². The third-order valence-corrected chi connectivity index (χ3v) is 12.9. The second kappa shape index (κ2) is 13.3. The van der Waals surface area contributed by atoms with E-state index in [1.54, 1.807) is 0 Å². The van der Waals surface area contributed by atoms with Crippen molar-refractivity contribution in [3.8, 4) is 51.0 Å². The van der Waals surface area contributed by atoms with Gasteiger partial charge in [-0.2, -0.15) is 0 Å². The van der Waals surface area contributed by atoms with Crippen molar-refractivity contribution < 1.29 is 0 Å². The molecule has 59 heavy (non-hydrogen) atoms. The predicted molar refractivity (Wildman–Crippen MR) is 246 cm³/mol. The lowest BCUT2D eigenvalue weighted by atomic mass is 9.63. The fraction of sp³-hybridized carbons (Fsp3) is 0.145. The van der Waals surface area contributed by atoms with Crippen LogP contribution in [0.2, 0.25) is 0 Å². The van der Waals surface area contributed by atoms with E-state index in [4.69, 9.17) is 15.0 Å². The molecule has 0 N–H and O–H groups in total. The second-order valence-electron chi connectivity index (χ2n) is 17.6. The third-order valence-electron chi connectivity index (χ3n) is 12.9. The van der Waals surface area contributed by atoms with Gasteiger partial charge in [-0.15, -0.1) is 0 Å². The van der Waals surface area contributed by atoms with Gasteiger partial charge in [-0.25, -0.2) is 15.0 Å². The molecule has 0 unspecified atom stereocenters. The normalized spacial score (nSPS) is 14.6. The number of hydrogen-bond acceptors (Lipinski definition) is 3. The quantitative estimate of drug-likeness (QED) is 0.175. The summed E-state index contributed by atoms with van der Waals surface area (Å²) in [5.74, 6) is 1.95. The average Bonchev–Trinajstić information content (AvgIpc) is 3.59. The molecule has 1 aliphatic carbocycles. The Morgan fingerprint density at radius 1 is 0.373 bits per heavy atom. The van der Waals surface area contributed by atoms with Gasteiger partial charge in [0, 0.05) is 33.2 Å². The van der Waals surface area contributed by atoms with Gasteiger partial charge >= 0.3 is 0 Å². The molecule has 4 heteroatoms. The molecule has 0 aliphatic heterocycles. The first-order chi connectivity index (χ1) is 28.7. The van der Waals surface area contributed by atoms with Crippen molar-refractivity contribution in [2.24, 2.45) is 0 Å². The SMILES string of the molecule is CC1(C)CCC(C)(C)c2cc3c(cc21)c1cc2ccccc2cc1n3-c1ccc(-c2nc(-c3ccccc3)nc(-c3ccc4cc(-c5ccccc5)ccc4c3)n2)cc1. The Balaban J connectivity index is 1.05. The van der Waals surface area contributed by atoms with Crippen LogP contribution < -0.4 is 0 Å². The van der Waals surface area contributed by atoms with Crippen molar-refractivity contribution in [1.82, 2.24) is 19.5 Å². The van der Waals surface area contributed by atoms with Crippen molar-refractivity contribution in [2.45, 2.75) is 51.4 Å². The van der Waals surface area contributed by atoms with Crippen LogP contribution >= 0.6 is 0 Å². The first-order valence-electron chi connectivity index (χ1n) is 20.7. The Morgan fingerprint density at radius 3 is 1.46 bits per heavy atom. The molecule has 8 aromatic carbocycles. The summed E-state index contributed by atoms with van der Waals surface area (Å²) in [6.45, 7) is 9.65. The lowest BCUT2D eigenvalue weighted by Crippen LogP contribution is -2.33. The molecule has 0 atom stereocenters. The molecule has 0 radical (unpaired) electrons. The molecule has 2 aromatic heterocycles. The Bertz CT molecular complexity index is 3250. The highest BCUT2D eigenvalue weighted by Gasteiger charge is 2.38. The summed E-state index contributed by atoms with van der Waals surface area (Å²) < 4.78 is 2.46. The molecule has 2 heterocycles. The third kappa shape index (κ3) is 6.01. The monoisotopic (exact) mass is 760 g/mol. The first-order valence-corrected chi connectivity index (χ1v) is 20.7. The summed E-state index contributed by atoms with van der Waals surface area (Å²) >= 11 is 0. The molecule has 0 amide bonds. The van der Waals surface area contributed by atoms with E-state index in [0.29, 0.717) is 17.5 Å². The molecule has 4 nitrogen and oxygen atoms in total. The Morgan fingerprint density at radius 2 is 0.814 bits per heavy atom. The molecule has 10 aromatic rings. The second-order valence-corrected chi connectivity index (χ2v) is 17.6. The summed E-state index contributed by atoms with van der Waals surface area (Å²) in [6.07, 6.45) is 2.35. The first kappa shape index (κ1) is 35.3. The van der Waals surface area contributed by atoms with E-state index < -0.39 is 0 Å². The van der Waals surface area contributed by atoms with Gasteiger partial charge < -0.3 is 4.57 Å². The number of fused-ring (bicyclic) bond motifs is 6. The molecular formula is C55H44N4. The molecular weight excluding hydrogens is 717 g/mol. The molecule has 1 aliphatic rings. The van der Waals surface area contributed by atoms with Gasteiger partial charge in [-0.3, -0.25) is 0 Å². The van der Waals surface area contributed by atoms with E-state index in [-0.39, 0.29) is 10.8 Å². The van der Waals surface area contributed by atoms with E-state index in [0.717, 1.165) is 27.8 Å². The van der Waals surface area contributed by atoms with Crippen LogP contribution in [0, 0.1) is 0 Å². The van der Waals surface area contributed by atoms with E-state index in [2.05, 4.69) is 184 Å². The van der Waals surface area contributed by atoms with E-state index in [1.807, 2.05) is 18.2 Å². The zero-order valence-electron chi connectivity index (χ0n) is 33.9. The largest absolute Gasteiger partial charge is 0.309 e. The van der Waals surface area contributed by atoms with Gasteiger partial charge in [0.15, 0.2) is 17.5 Å². The van der Waals surface area contributed by atoms with Crippen molar-refractivity contribution in [3.05, 3.63) is 181 Å². The van der Waals surface area contributed by atoms with Crippen LogP contribution in [-0.2, 0) is 10.8 Å². The Kier molecular flexibility index (Phi) is 7.96. The molecule has 0 spiro atoms. The molecule has 0 bridgehead atoms. The number of nitrogens with zero attached hydrogens (tertiary/aromatic N) is 4. The van der Waals surface area contributed by atoms with E-state index in [1.165, 1.54) is 73.1 Å². The van der Waals surface area contributed by atoms with Crippen LogP contribution in [-0.4, -0.2) is 19.5 Å². The van der Waals surface area contributed by atoms with Gasteiger partial charge in [-0.1, -0.05) is 137 Å². The van der Waals surface area contributed by atoms with Crippen molar-refractivity contribution in [1.29, 1.82) is 0 Å². The number of aromatic nitrogens is 4. The van der Waals surface area contributed by atoms with Crippen molar-refractivity contribution in [2.75, 3.05) is 0 Å². The van der Waals surface area contributed by atoms with Gasteiger partial charge in [0.05, 0.1) is 11.0 Å². The minimum Gasteiger partial charge on any atom is -0.309 e. The zero-order valence-corrected chi connectivity index (χ0v) is 33.9. The molecule has 284 valence electrons. The van der Waals surface area contributed by atoms with E-state index >= 15 is 0 Å². The maximum Gasteiger partial charge on any atom is 0.164 e. The highest BCUT2D eigenvalue weighted by atomic mass is 15.0. The summed E-state index contributed by atoms with van der Waals surface area (Å²) in [6, 6.07) is 61.1. The summed E-state index contributed by atoms with van der Waals surface area (Å²) in [5.41, 5.74) is 12.0.